The van der Waals surface area contributed by atoms with Crippen LogP contribution in [-0.2, 0) is 14.6 Å². The summed E-state index contributed by atoms with van der Waals surface area (Å²) in [5.74, 6) is -2.05. The highest BCUT2D eigenvalue weighted by molar-refractivity contribution is 7.91. The molecule has 0 bridgehead atoms. The Hall–Kier alpha value is -1.96. The number of sulfone groups is 1. The van der Waals surface area contributed by atoms with E-state index in [2.05, 4.69) is 5.32 Å². The van der Waals surface area contributed by atoms with Gasteiger partial charge in [-0.15, -0.1) is 0 Å². The lowest BCUT2D eigenvalue weighted by atomic mass is 10.1. The Morgan fingerprint density at radius 1 is 1.39 bits per heavy atom. The number of carbonyl (C=O) groups is 2. The SMILES string of the molecule is CNC(=O)CC1CS(=O)(=O)CCN1C(=O)c1cccc(C)c1F. The van der Waals surface area contributed by atoms with Gasteiger partial charge in [-0.2, -0.15) is 0 Å². The van der Waals surface area contributed by atoms with Gasteiger partial charge < -0.3 is 10.2 Å². The molecule has 1 fully saturated rings. The van der Waals surface area contributed by atoms with E-state index in [1.54, 1.807) is 19.1 Å². The van der Waals surface area contributed by atoms with Crippen LogP contribution in [0.2, 0.25) is 0 Å². The summed E-state index contributed by atoms with van der Waals surface area (Å²) in [6.07, 6.45) is -0.130. The number of halogens is 1. The average molecular weight is 342 g/mol. The van der Waals surface area contributed by atoms with Gasteiger partial charge >= 0.3 is 0 Å². The Morgan fingerprint density at radius 3 is 2.74 bits per heavy atom. The van der Waals surface area contributed by atoms with Gasteiger partial charge in [0.15, 0.2) is 9.84 Å². The molecule has 1 atom stereocenters. The van der Waals surface area contributed by atoms with Crippen LogP contribution in [0.3, 0.4) is 0 Å². The second kappa shape index (κ2) is 6.66. The fourth-order valence-electron chi connectivity index (χ4n) is 2.61. The predicted octanol–water partition coefficient (Wildman–Crippen LogP) is 0.509. The maximum Gasteiger partial charge on any atom is 0.257 e. The van der Waals surface area contributed by atoms with Crippen LogP contribution in [0.15, 0.2) is 18.2 Å². The molecule has 1 saturated heterocycles. The van der Waals surface area contributed by atoms with Crippen LogP contribution in [0.4, 0.5) is 4.39 Å². The maximum atomic E-state index is 14.2. The maximum absolute atomic E-state index is 14.2. The topological polar surface area (TPSA) is 83.6 Å². The minimum absolute atomic E-state index is 0.0454. The quantitative estimate of drug-likeness (QED) is 0.867. The first-order chi connectivity index (χ1) is 10.7. The van der Waals surface area contributed by atoms with Crippen LogP contribution in [-0.4, -0.2) is 56.3 Å². The highest BCUT2D eigenvalue weighted by atomic mass is 32.2. The lowest BCUT2D eigenvalue weighted by molar-refractivity contribution is -0.121. The van der Waals surface area contributed by atoms with Crippen LogP contribution in [0.1, 0.15) is 22.3 Å². The molecular weight excluding hydrogens is 323 g/mol. The molecule has 0 saturated carbocycles. The third-order valence-corrected chi connectivity index (χ3v) is 5.61. The summed E-state index contributed by atoms with van der Waals surface area (Å²) >= 11 is 0. The molecule has 8 heteroatoms. The molecule has 23 heavy (non-hydrogen) atoms. The van der Waals surface area contributed by atoms with Crippen LogP contribution in [0.5, 0.6) is 0 Å². The van der Waals surface area contributed by atoms with Crippen molar-refractivity contribution in [3.05, 3.63) is 35.1 Å². The highest BCUT2D eigenvalue weighted by Crippen LogP contribution is 2.21. The van der Waals surface area contributed by atoms with Crippen molar-refractivity contribution in [2.75, 3.05) is 25.1 Å². The second-order valence-corrected chi connectivity index (χ2v) is 7.81. The van der Waals surface area contributed by atoms with Crippen LogP contribution in [0, 0.1) is 12.7 Å². The molecule has 1 N–H and O–H groups in total. The minimum Gasteiger partial charge on any atom is -0.359 e. The Balaban J connectivity index is 2.32. The van der Waals surface area contributed by atoms with E-state index in [9.17, 15) is 22.4 Å². The molecule has 1 aromatic carbocycles. The first kappa shape index (κ1) is 17.4. The molecular formula is C15H19FN2O4S. The van der Waals surface area contributed by atoms with Crippen molar-refractivity contribution < 1.29 is 22.4 Å². The summed E-state index contributed by atoms with van der Waals surface area (Å²) in [7, 11) is -1.88. The number of amides is 2. The second-order valence-electron chi connectivity index (χ2n) is 5.58. The van der Waals surface area contributed by atoms with Crippen molar-refractivity contribution in [3.8, 4) is 0 Å². The molecule has 1 aliphatic rings. The first-order valence-corrected chi connectivity index (χ1v) is 9.04. The number of hydrogen-bond acceptors (Lipinski definition) is 4. The Labute approximate surface area is 134 Å². The molecule has 0 spiro atoms. The molecule has 0 aromatic heterocycles. The van der Waals surface area contributed by atoms with Crippen LogP contribution in [0.25, 0.3) is 0 Å². The third kappa shape index (κ3) is 3.87. The third-order valence-electron chi connectivity index (χ3n) is 3.91. The fraction of sp³-hybridized carbons (Fsp3) is 0.467. The molecule has 1 unspecified atom stereocenters. The molecule has 1 aliphatic heterocycles. The van der Waals surface area contributed by atoms with E-state index < -0.39 is 27.6 Å². The number of carbonyl (C=O) groups excluding carboxylic acids is 2. The molecule has 1 heterocycles. The number of nitrogens with zero attached hydrogens (tertiary/aromatic N) is 1. The largest absolute Gasteiger partial charge is 0.359 e. The Morgan fingerprint density at radius 2 is 2.09 bits per heavy atom. The summed E-state index contributed by atoms with van der Waals surface area (Å²) in [6.45, 7) is 1.50. The van der Waals surface area contributed by atoms with E-state index >= 15 is 0 Å². The van der Waals surface area contributed by atoms with E-state index in [1.165, 1.54) is 18.0 Å². The lowest BCUT2D eigenvalue weighted by Crippen LogP contribution is -2.52. The smallest absolute Gasteiger partial charge is 0.257 e. The van der Waals surface area contributed by atoms with E-state index in [-0.39, 0.29) is 35.9 Å². The van der Waals surface area contributed by atoms with E-state index in [0.717, 1.165) is 0 Å². The number of rotatable bonds is 3. The Bertz CT molecular complexity index is 733. The zero-order chi connectivity index (χ0) is 17.2. The van der Waals surface area contributed by atoms with Crippen molar-refractivity contribution in [2.24, 2.45) is 0 Å². The van der Waals surface area contributed by atoms with Crippen molar-refractivity contribution in [3.63, 3.8) is 0 Å². The molecule has 0 aliphatic carbocycles. The van der Waals surface area contributed by atoms with E-state index in [4.69, 9.17) is 0 Å². The van der Waals surface area contributed by atoms with Gasteiger partial charge in [0.1, 0.15) is 5.82 Å². The number of benzene rings is 1. The van der Waals surface area contributed by atoms with Gasteiger partial charge in [0.25, 0.3) is 5.91 Å². The number of nitrogens with one attached hydrogen (secondary N) is 1. The molecule has 6 nitrogen and oxygen atoms in total. The first-order valence-electron chi connectivity index (χ1n) is 7.22. The molecule has 2 amide bonds. The molecule has 0 radical (unpaired) electrons. The van der Waals surface area contributed by atoms with Crippen LogP contribution < -0.4 is 5.32 Å². The van der Waals surface area contributed by atoms with Gasteiger partial charge in [-0.1, -0.05) is 12.1 Å². The summed E-state index contributed by atoms with van der Waals surface area (Å²) in [4.78, 5) is 25.5. The van der Waals surface area contributed by atoms with Crippen molar-refractivity contribution in [1.29, 1.82) is 0 Å². The zero-order valence-corrected chi connectivity index (χ0v) is 13.8. The monoisotopic (exact) mass is 342 g/mol. The zero-order valence-electron chi connectivity index (χ0n) is 13.0. The van der Waals surface area contributed by atoms with E-state index in [1.807, 2.05) is 0 Å². The lowest BCUT2D eigenvalue weighted by Gasteiger charge is -2.35. The van der Waals surface area contributed by atoms with Gasteiger partial charge in [-0.25, -0.2) is 12.8 Å². The number of aryl methyl sites for hydroxylation is 1. The normalized spacial score (nSPS) is 20.1. The highest BCUT2D eigenvalue weighted by Gasteiger charge is 2.36. The summed E-state index contributed by atoms with van der Waals surface area (Å²) in [6, 6.07) is 3.70. The Kier molecular flexibility index (Phi) is 5.03. The number of hydrogen-bond donors (Lipinski definition) is 1. The standard InChI is InChI=1S/C15H19FN2O4S/c1-10-4-3-5-12(14(10)16)15(20)18-6-7-23(21,22)9-11(18)8-13(19)17-2/h3-5,11H,6-9H2,1-2H3,(H,17,19). The fourth-order valence-corrected chi connectivity index (χ4v) is 4.13. The molecule has 1 aromatic rings. The van der Waals surface area contributed by atoms with E-state index in [0.29, 0.717) is 5.56 Å². The van der Waals surface area contributed by atoms with Crippen molar-refractivity contribution in [1.82, 2.24) is 10.2 Å². The van der Waals surface area contributed by atoms with Crippen LogP contribution >= 0.6 is 0 Å². The van der Waals surface area contributed by atoms with Crippen molar-refractivity contribution in [2.45, 2.75) is 19.4 Å². The predicted molar refractivity (Wildman–Crippen MR) is 83.3 cm³/mol. The summed E-state index contributed by atoms with van der Waals surface area (Å²) < 4.78 is 37.8. The van der Waals surface area contributed by atoms with Crippen molar-refractivity contribution >= 4 is 21.7 Å². The molecule has 2 rings (SSSR count). The summed E-state index contributed by atoms with van der Waals surface area (Å²) in [5.41, 5.74) is 0.231. The molecule has 126 valence electrons. The van der Waals surface area contributed by atoms with Gasteiger partial charge in [-0.3, -0.25) is 9.59 Å². The van der Waals surface area contributed by atoms with Gasteiger partial charge in [0, 0.05) is 20.0 Å². The van der Waals surface area contributed by atoms with Gasteiger partial charge in [-0.05, 0) is 18.6 Å². The van der Waals surface area contributed by atoms with Gasteiger partial charge in [0.05, 0.1) is 23.1 Å². The minimum atomic E-state index is -3.32. The van der Waals surface area contributed by atoms with Gasteiger partial charge in [0.2, 0.25) is 5.91 Å². The summed E-state index contributed by atoms with van der Waals surface area (Å²) in [5, 5.41) is 2.41. The average Bonchev–Trinajstić information content (AvgIpc) is 2.48.